The van der Waals surface area contributed by atoms with Crippen molar-refractivity contribution in [1.29, 1.82) is 0 Å². The van der Waals surface area contributed by atoms with Gasteiger partial charge in [0.15, 0.2) is 5.13 Å². The number of carbonyl (C=O) groups is 2. The van der Waals surface area contributed by atoms with Gasteiger partial charge in [0.1, 0.15) is 0 Å². The van der Waals surface area contributed by atoms with Crippen LogP contribution in [0.2, 0.25) is 0 Å². The summed E-state index contributed by atoms with van der Waals surface area (Å²) >= 11 is 1.37. The van der Waals surface area contributed by atoms with Crippen molar-refractivity contribution >= 4 is 44.9 Å². The first-order valence-corrected chi connectivity index (χ1v) is 9.19. The zero-order valence-electron chi connectivity index (χ0n) is 14.4. The van der Waals surface area contributed by atoms with Crippen LogP contribution in [0.4, 0.5) is 10.8 Å². The third-order valence-electron chi connectivity index (χ3n) is 4.03. The lowest BCUT2D eigenvalue weighted by molar-refractivity contribution is -0.114. The number of carbonyl (C=O) groups excluding carboxylic acids is 2. The molecule has 0 saturated carbocycles. The molecule has 0 spiro atoms. The smallest absolute Gasteiger partial charge is 0.257 e. The number of aromatic nitrogens is 2. The number of fused-ring (bicyclic) bond motifs is 1. The molecule has 0 atom stereocenters. The number of nitrogens with one attached hydrogen (secondary N) is 3. The molecule has 27 heavy (non-hydrogen) atoms. The highest BCUT2D eigenvalue weighted by Crippen LogP contribution is 2.31. The van der Waals surface area contributed by atoms with Crippen molar-refractivity contribution in [2.75, 3.05) is 10.6 Å². The van der Waals surface area contributed by atoms with Crippen LogP contribution in [0.25, 0.3) is 22.2 Å². The average Bonchev–Trinajstić information content (AvgIpc) is 3.28. The minimum absolute atomic E-state index is 0.184. The molecule has 0 fully saturated rings. The number of aromatic amines is 1. The molecular weight excluding hydrogens is 360 g/mol. The molecule has 2 heterocycles. The highest BCUT2D eigenvalue weighted by atomic mass is 32.1. The van der Waals surface area contributed by atoms with E-state index in [0.717, 1.165) is 22.2 Å². The number of nitrogens with zero attached hydrogens (tertiary/aromatic N) is 1. The van der Waals surface area contributed by atoms with Crippen molar-refractivity contribution in [1.82, 2.24) is 9.97 Å². The first kappa shape index (κ1) is 17.0. The van der Waals surface area contributed by atoms with E-state index in [0.29, 0.717) is 16.4 Å². The maximum atomic E-state index is 12.5. The summed E-state index contributed by atoms with van der Waals surface area (Å²) < 4.78 is 0. The first-order valence-electron chi connectivity index (χ1n) is 8.31. The monoisotopic (exact) mass is 376 g/mol. The fourth-order valence-corrected chi connectivity index (χ4v) is 3.55. The van der Waals surface area contributed by atoms with E-state index in [1.807, 2.05) is 35.8 Å². The fraction of sp³-hybridized carbons (Fsp3) is 0.0500. The predicted octanol–water partition coefficient (Wildman–Crippen LogP) is 4.50. The van der Waals surface area contributed by atoms with Gasteiger partial charge in [-0.2, -0.15) is 0 Å². The summed E-state index contributed by atoms with van der Waals surface area (Å²) in [5.41, 5.74) is 3.87. The van der Waals surface area contributed by atoms with Gasteiger partial charge in [-0.15, -0.1) is 11.3 Å². The minimum Gasteiger partial charge on any atom is -0.360 e. The number of thiazole rings is 1. The average molecular weight is 376 g/mol. The Morgan fingerprint density at radius 1 is 1.07 bits per heavy atom. The van der Waals surface area contributed by atoms with Gasteiger partial charge < -0.3 is 10.3 Å². The molecule has 4 rings (SSSR count). The van der Waals surface area contributed by atoms with Crippen molar-refractivity contribution in [3.8, 4) is 11.3 Å². The summed E-state index contributed by atoms with van der Waals surface area (Å²) in [6.07, 6.45) is 1.92. The molecular formula is C20H16N4O2S. The van der Waals surface area contributed by atoms with Crippen LogP contribution >= 0.6 is 11.3 Å². The zero-order valence-corrected chi connectivity index (χ0v) is 15.3. The van der Waals surface area contributed by atoms with Crippen LogP contribution in [0.3, 0.4) is 0 Å². The molecule has 134 valence electrons. The van der Waals surface area contributed by atoms with E-state index in [2.05, 4.69) is 20.6 Å². The SMILES string of the molecule is CC(=O)Nc1cccc(C(=O)Nc2nc(-c3c[nH]c4ccccc34)cs2)c1. The van der Waals surface area contributed by atoms with Gasteiger partial charge >= 0.3 is 0 Å². The van der Waals surface area contributed by atoms with E-state index in [4.69, 9.17) is 0 Å². The Balaban J connectivity index is 1.54. The second-order valence-electron chi connectivity index (χ2n) is 6.00. The van der Waals surface area contributed by atoms with Gasteiger partial charge in [0.05, 0.1) is 5.69 Å². The molecule has 0 unspecified atom stereocenters. The molecule has 2 aromatic heterocycles. The number of benzene rings is 2. The topological polar surface area (TPSA) is 86.9 Å². The molecule has 0 saturated heterocycles. The van der Waals surface area contributed by atoms with Gasteiger partial charge in [-0.05, 0) is 24.3 Å². The summed E-state index contributed by atoms with van der Waals surface area (Å²) in [6, 6.07) is 14.8. The standard InChI is InChI=1S/C20H16N4O2S/c1-12(25)22-14-6-4-5-13(9-14)19(26)24-20-23-18(11-27-20)16-10-21-17-8-3-2-7-15(16)17/h2-11,21H,1H3,(H,22,25)(H,23,24,26). The Morgan fingerprint density at radius 2 is 1.93 bits per heavy atom. The molecule has 0 radical (unpaired) electrons. The van der Waals surface area contributed by atoms with E-state index in [1.54, 1.807) is 24.3 Å². The normalized spacial score (nSPS) is 10.7. The van der Waals surface area contributed by atoms with Crippen LogP contribution in [0.1, 0.15) is 17.3 Å². The fourth-order valence-electron chi connectivity index (χ4n) is 2.85. The maximum Gasteiger partial charge on any atom is 0.257 e. The Bertz CT molecular complexity index is 1150. The summed E-state index contributed by atoms with van der Waals surface area (Å²) in [5, 5.41) is 9.00. The lowest BCUT2D eigenvalue weighted by atomic mass is 10.1. The predicted molar refractivity (Wildman–Crippen MR) is 108 cm³/mol. The van der Waals surface area contributed by atoms with Gasteiger partial charge in [0, 0.05) is 46.2 Å². The molecule has 7 heteroatoms. The van der Waals surface area contributed by atoms with Crippen molar-refractivity contribution in [2.24, 2.45) is 0 Å². The summed E-state index contributed by atoms with van der Waals surface area (Å²) in [4.78, 5) is 31.4. The number of hydrogen-bond donors (Lipinski definition) is 3. The summed E-state index contributed by atoms with van der Waals surface area (Å²) in [7, 11) is 0. The van der Waals surface area contributed by atoms with Crippen molar-refractivity contribution in [2.45, 2.75) is 6.92 Å². The van der Waals surface area contributed by atoms with Crippen LogP contribution in [0.5, 0.6) is 0 Å². The van der Waals surface area contributed by atoms with Crippen LogP contribution in [-0.2, 0) is 4.79 Å². The molecule has 0 aliphatic rings. The van der Waals surface area contributed by atoms with Crippen LogP contribution in [0.15, 0.2) is 60.1 Å². The Labute approximate surface area is 159 Å². The molecule has 4 aromatic rings. The van der Waals surface area contributed by atoms with Gasteiger partial charge in [-0.1, -0.05) is 24.3 Å². The maximum absolute atomic E-state index is 12.5. The third kappa shape index (κ3) is 3.58. The van der Waals surface area contributed by atoms with Gasteiger partial charge in [-0.25, -0.2) is 4.98 Å². The second kappa shape index (κ2) is 7.05. The number of rotatable bonds is 4. The third-order valence-corrected chi connectivity index (χ3v) is 4.79. The van der Waals surface area contributed by atoms with E-state index >= 15 is 0 Å². The largest absolute Gasteiger partial charge is 0.360 e. The van der Waals surface area contributed by atoms with Crippen molar-refractivity contribution in [3.63, 3.8) is 0 Å². The number of amides is 2. The van der Waals surface area contributed by atoms with Crippen LogP contribution in [0, 0.1) is 0 Å². The van der Waals surface area contributed by atoms with Crippen LogP contribution < -0.4 is 10.6 Å². The zero-order chi connectivity index (χ0) is 18.8. The molecule has 0 bridgehead atoms. The molecule has 2 amide bonds. The lowest BCUT2D eigenvalue weighted by Crippen LogP contribution is -2.13. The van der Waals surface area contributed by atoms with Gasteiger partial charge in [0.25, 0.3) is 5.91 Å². The van der Waals surface area contributed by atoms with E-state index in [-0.39, 0.29) is 11.8 Å². The van der Waals surface area contributed by atoms with Crippen molar-refractivity contribution in [3.05, 3.63) is 65.7 Å². The molecule has 6 nitrogen and oxygen atoms in total. The number of H-pyrrole nitrogens is 1. The molecule has 3 N–H and O–H groups in total. The van der Waals surface area contributed by atoms with E-state index in [9.17, 15) is 9.59 Å². The minimum atomic E-state index is -0.276. The van der Waals surface area contributed by atoms with Crippen molar-refractivity contribution < 1.29 is 9.59 Å². The first-order chi connectivity index (χ1) is 13.1. The quantitative estimate of drug-likeness (QED) is 0.490. The van der Waals surface area contributed by atoms with E-state index in [1.165, 1.54) is 18.3 Å². The Kier molecular flexibility index (Phi) is 4.43. The number of anilines is 2. The van der Waals surface area contributed by atoms with Crippen LogP contribution in [-0.4, -0.2) is 21.8 Å². The second-order valence-corrected chi connectivity index (χ2v) is 6.86. The molecule has 0 aliphatic heterocycles. The summed E-state index contributed by atoms with van der Waals surface area (Å²) in [6.45, 7) is 1.43. The highest BCUT2D eigenvalue weighted by Gasteiger charge is 2.13. The lowest BCUT2D eigenvalue weighted by Gasteiger charge is -2.05. The van der Waals surface area contributed by atoms with E-state index < -0.39 is 0 Å². The van der Waals surface area contributed by atoms with Gasteiger partial charge in [-0.3, -0.25) is 14.9 Å². The summed E-state index contributed by atoms with van der Waals surface area (Å²) in [5.74, 6) is -0.460. The number of hydrogen-bond acceptors (Lipinski definition) is 4. The van der Waals surface area contributed by atoms with Gasteiger partial charge in [0.2, 0.25) is 5.91 Å². The highest BCUT2D eigenvalue weighted by molar-refractivity contribution is 7.14. The Morgan fingerprint density at radius 3 is 2.78 bits per heavy atom. The Hall–Kier alpha value is -3.45. The molecule has 0 aliphatic carbocycles. The molecule has 2 aromatic carbocycles. The number of para-hydroxylation sites is 1.